The average molecular weight is 337 g/mol. The lowest BCUT2D eigenvalue weighted by Gasteiger charge is -2.16. The Labute approximate surface area is 144 Å². The topological polar surface area (TPSA) is 77.1 Å². The lowest BCUT2D eigenvalue weighted by Crippen LogP contribution is -2.11. The van der Waals surface area contributed by atoms with Crippen LogP contribution in [0.25, 0.3) is 22.2 Å². The molecule has 0 spiro atoms. The van der Waals surface area contributed by atoms with Crippen molar-refractivity contribution in [1.82, 2.24) is 14.1 Å². The van der Waals surface area contributed by atoms with E-state index in [-0.39, 0.29) is 12.3 Å². The van der Waals surface area contributed by atoms with Crippen molar-refractivity contribution in [3.63, 3.8) is 0 Å². The molecule has 3 aromatic rings. The van der Waals surface area contributed by atoms with E-state index in [4.69, 9.17) is 5.11 Å². The van der Waals surface area contributed by atoms with Crippen LogP contribution in [0.4, 0.5) is 0 Å². The van der Waals surface area contributed by atoms with E-state index < -0.39 is 5.97 Å². The number of fused-ring (bicyclic) bond motifs is 2. The second-order valence-corrected chi connectivity index (χ2v) is 6.52. The van der Waals surface area contributed by atoms with Crippen molar-refractivity contribution < 1.29 is 14.7 Å². The molecule has 0 saturated carbocycles. The van der Waals surface area contributed by atoms with Crippen LogP contribution in [0.15, 0.2) is 30.6 Å². The van der Waals surface area contributed by atoms with Crippen molar-refractivity contribution in [2.75, 3.05) is 0 Å². The Morgan fingerprint density at radius 3 is 2.88 bits per heavy atom. The first kappa shape index (κ1) is 15.6. The Morgan fingerprint density at radius 2 is 2.12 bits per heavy atom. The number of hydrogen-bond donors (Lipinski definition) is 1. The first-order valence-corrected chi connectivity index (χ1v) is 8.45. The number of benzene rings is 1. The van der Waals surface area contributed by atoms with E-state index in [1.165, 1.54) is 13.3 Å². The highest BCUT2D eigenvalue weighted by Gasteiger charge is 2.18. The fourth-order valence-corrected chi connectivity index (χ4v) is 3.66. The number of Topliss-reactive ketones (excluding diaryl/α,β-unsaturated/α-hetero) is 1. The van der Waals surface area contributed by atoms with Gasteiger partial charge in [-0.3, -0.25) is 9.59 Å². The molecule has 1 aliphatic heterocycles. The SMILES string of the molecule is CC(=O)c1cn(CC(=O)O)c2ccc(-c3cnc4n3CCCC4)cc12. The van der Waals surface area contributed by atoms with E-state index in [9.17, 15) is 9.59 Å². The lowest BCUT2D eigenvalue weighted by molar-refractivity contribution is -0.137. The highest BCUT2D eigenvalue weighted by molar-refractivity contribution is 6.08. The molecule has 1 aromatic carbocycles. The van der Waals surface area contributed by atoms with Crippen molar-refractivity contribution in [1.29, 1.82) is 0 Å². The van der Waals surface area contributed by atoms with Crippen LogP contribution in [0.5, 0.6) is 0 Å². The molecule has 128 valence electrons. The third-order valence-electron chi connectivity index (χ3n) is 4.83. The zero-order valence-electron chi connectivity index (χ0n) is 14.0. The second-order valence-electron chi connectivity index (χ2n) is 6.52. The standard InChI is InChI=1S/C19H19N3O3/c1-12(23)15-10-21(11-19(24)25)16-6-5-13(8-14(15)16)17-9-20-18-4-2-3-7-22(17)18/h5-6,8-10H,2-4,7,11H2,1H3,(H,24,25). The van der Waals surface area contributed by atoms with Crippen molar-refractivity contribution in [3.8, 4) is 11.3 Å². The van der Waals surface area contributed by atoms with Gasteiger partial charge in [0.25, 0.3) is 0 Å². The van der Waals surface area contributed by atoms with E-state index >= 15 is 0 Å². The molecule has 6 nitrogen and oxygen atoms in total. The van der Waals surface area contributed by atoms with Crippen molar-refractivity contribution in [3.05, 3.63) is 42.0 Å². The molecule has 3 heterocycles. The van der Waals surface area contributed by atoms with Gasteiger partial charge in [0, 0.05) is 41.2 Å². The first-order chi connectivity index (χ1) is 12.0. The van der Waals surface area contributed by atoms with Gasteiger partial charge in [-0.1, -0.05) is 6.07 Å². The number of carboxylic acid groups (broad SMARTS) is 1. The van der Waals surface area contributed by atoms with Gasteiger partial charge in [0.2, 0.25) is 0 Å². The molecule has 0 aliphatic carbocycles. The lowest BCUT2D eigenvalue weighted by atomic mass is 10.0. The summed E-state index contributed by atoms with van der Waals surface area (Å²) < 4.78 is 3.86. The number of hydrogen-bond acceptors (Lipinski definition) is 3. The summed E-state index contributed by atoms with van der Waals surface area (Å²) in [5.74, 6) is 0.110. The molecule has 1 aliphatic rings. The number of aromatic nitrogens is 3. The highest BCUT2D eigenvalue weighted by Crippen LogP contribution is 2.30. The van der Waals surface area contributed by atoms with Gasteiger partial charge in [-0.2, -0.15) is 0 Å². The van der Waals surface area contributed by atoms with Gasteiger partial charge >= 0.3 is 5.97 Å². The molecular formula is C19H19N3O3. The number of aryl methyl sites for hydroxylation is 1. The third-order valence-corrected chi connectivity index (χ3v) is 4.83. The molecule has 1 N–H and O–H groups in total. The number of carbonyl (C=O) groups is 2. The summed E-state index contributed by atoms with van der Waals surface area (Å²) in [6.45, 7) is 2.31. The summed E-state index contributed by atoms with van der Waals surface area (Å²) >= 11 is 0. The Bertz CT molecular complexity index is 997. The summed E-state index contributed by atoms with van der Waals surface area (Å²) in [4.78, 5) is 27.6. The number of ketones is 1. The molecule has 0 fully saturated rings. The molecule has 2 aromatic heterocycles. The molecule has 25 heavy (non-hydrogen) atoms. The van der Waals surface area contributed by atoms with Crippen LogP contribution in [0.1, 0.15) is 35.9 Å². The molecule has 0 saturated heterocycles. The molecule has 0 atom stereocenters. The highest BCUT2D eigenvalue weighted by atomic mass is 16.4. The van der Waals surface area contributed by atoms with Crippen LogP contribution in [0.2, 0.25) is 0 Å². The predicted molar refractivity (Wildman–Crippen MR) is 93.7 cm³/mol. The molecular weight excluding hydrogens is 318 g/mol. The molecule has 6 heteroatoms. The smallest absolute Gasteiger partial charge is 0.323 e. The average Bonchev–Trinajstić information content (AvgIpc) is 3.16. The Balaban J connectivity index is 1.87. The number of nitrogens with zero attached hydrogens (tertiary/aromatic N) is 3. The van der Waals surface area contributed by atoms with Gasteiger partial charge < -0.3 is 14.2 Å². The van der Waals surface area contributed by atoms with Crippen molar-refractivity contribution in [2.24, 2.45) is 0 Å². The molecule has 0 unspecified atom stereocenters. The van der Waals surface area contributed by atoms with Crippen molar-refractivity contribution >= 4 is 22.7 Å². The maximum atomic E-state index is 12.0. The van der Waals surface area contributed by atoms with Crippen LogP contribution in [-0.4, -0.2) is 31.0 Å². The van der Waals surface area contributed by atoms with Crippen LogP contribution >= 0.6 is 0 Å². The van der Waals surface area contributed by atoms with Crippen LogP contribution < -0.4 is 0 Å². The van der Waals surface area contributed by atoms with E-state index in [1.54, 1.807) is 10.8 Å². The summed E-state index contributed by atoms with van der Waals surface area (Å²) in [6, 6.07) is 5.84. The van der Waals surface area contributed by atoms with Crippen LogP contribution in [0.3, 0.4) is 0 Å². The quantitative estimate of drug-likeness (QED) is 0.742. The molecule has 0 amide bonds. The van der Waals surface area contributed by atoms with E-state index in [1.807, 2.05) is 24.4 Å². The summed E-state index contributed by atoms with van der Waals surface area (Å²) in [7, 11) is 0. The second kappa shape index (κ2) is 5.88. The fraction of sp³-hybridized carbons (Fsp3) is 0.316. The number of carboxylic acids is 1. The molecule has 0 radical (unpaired) electrons. The van der Waals surface area contributed by atoms with E-state index in [2.05, 4.69) is 9.55 Å². The maximum Gasteiger partial charge on any atom is 0.323 e. The van der Waals surface area contributed by atoms with Crippen LogP contribution in [-0.2, 0) is 24.3 Å². The van der Waals surface area contributed by atoms with Gasteiger partial charge in [-0.25, -0.2) is 4.98 Å². The van der Waals surface area contributed by atoms with Gasteiger partial charge in [-0.05, 0) is 31.9 Å². The van der Waals surface area contributed by atoms with Gasteiger partial charge in [0.15, 0.2) is 5.78 Å². The number of carbonyl (C=O) groups excluding carboxylic acids is 1. The Hall–Kier alpha value is -2.89. The Morgan fingerprint density at radius 1 is 1.28 bits per heavy atom. The zero-order chi connectivity index (χ0) is 17.6. The predicted octanol–water partition coefficient (Wildman–Crippen LogP) is 3.13. The normalized spacial score (nSPS) is 13.8. The van der Waals surface area contributed by atoms with Gasteiger partial charge in [-0.15, -0.1) is 0 Å². The molecule has 4 rings (SSSR count). The monoisotopic (exact) mass is 337 g/mol. The van der Waals surface area contributed by atoms with Crippen molar-refractivity contribution in [2.45, 2.75) is 39.3 Å². The summed E-state index contributed by atoms with van der Waals surface area (Å²) in [6.07, 6.45) is 6.84. The zero-order valence-corrected chi connectivity index (χ0v) is 14.0. The van der Waals surface area contributed by atoms with Gasteiger partial charge in [0.05, 0.1) is 11.9 Å². The Kier molecular flexibility index (Phi) is 3.67. The van der Waals surface area contributed by atoms with E-state index in [0.29, 0.717) is 5.56 Å². The largest absolute Gasteiger partial charge is 0.480 e. The maximum absolute atomic E-state index is 12.0. The number of imidazole rings is 1. The van der Waals surface area contributed by atoms with Crippen LogP contribution in [0, 0.1) is 0 Å². The minimum Gasteiger partial charge on any atom is -0.480 e. The summed E-state index contributed by atoms with van der Waals surface area (Å²) in [5, 5.41) is 9.88. The minimum absolute atomic E-state index is 0.0680. The van der Waals surface area contributed by atoms with Gasteiger partial charge in [0.1, 0.15) is 12.4 Å². The third kappa shape index (κ3) is 2.63. The molecule has 0 bridgehead atoms. The van der Waals surface area contributed by atoms with E-state index in [0.717, 1.165) is 47.4 Å². The minimum atomic E-state index is -0.930. The number of aliphatic carboxylic acids is 1. The summed E-state index contributed by atoms with van der Waals surface area (Å²) in [5.41, 5.74) is 3.37. The fourth-order valence-electron chi connectivity index (χ4n) is 3.66. The first-order valence-electron chi connectivity index (χ1n) is 8.45. The number of rotatable bonds is 4.